The molecule has 0 bridgehead atoms. The topological polar surface area (TPSA) is 24.9 Å². The Morgan fingerprint density at radius 1 is 0.800 bits per heavy atom. The SMILES string of the molecule is c1ccc(C[C@H](NCc2nc3ccccc3s2)c2ccccc2)cc1. The molecule has 0 aliphatic heterocycles. The zero-order valence-corrected chi connectivity index (χ0v) is 14.7. The molecule has 0 saturated carbocycles. The summed E-state index contributed by atoms with van der Waals surface area (Å²) in [6.45, 7) is 0.783. The third-order valence-electron chi connectivity index (χ3n) is 4.32. The minimum absolute atomic E-state index is 0.274. The molecule has 3 heteroatoms. The summed E-state index contributed by atoms with van der Waals surface area (Å²) in [4.78, 5) is 4.74. The molecule has 0 amide bonds. The van der Waals surface area contributed by atoms with Crippen molar-refractivity contribution in [1.82, 2.24) is 10.3 Å². The first-order chi connectivity index (χ1) is 12.4. The maximum Gasteiger partial charge on any atom is 0.108 e. The van der Waals surface area contributed by atoms with E-state index in [1.165, 1.54) is 15.8 Å². The third kappa shape index (κ3) is 3.95. The fraction of sp³-hybridized carbons (Fsp3) is 0.136. The van der Waals surface area contributed by atoms with Crippen molar-refractivity contribution in [2.75, 3.05) is 0 Å². The van der Waals surface area contributed by atoms with Crippen LogP contribution in [0.5, 0.6) is 0 Å². The zero-order chi connectivity index (χ0) is 16.9. The summed E-state index contributed by atoms with van der Waals surface area (Å²) in [5, 5.41) is 4.84. The highest BCUT2D eigenvalue weighted by molar-refractivity contribution is 7.18. The molecule has 0 fully saturated rings. The minimum atomic E-state index is 0.274. The van der Waals surface area contributed by atoms with Crippen LogP contribution in [0.1, 0.15) is 22.2 Å². The second-order valence-corrected chi connectivity index (χ2v) is 7.22. The molecule has 25 heavy (non-hydrogen) atoms. The van der Waals surface area contributed by atoms with Crippen molar-refractivity contribution < 1.29 is 0 Å². The van der Waals surface area contributed by atoms with Gasteiger partial charge in [0.15, 0.2) is 0 Å². The highest BCUT2D eigenvalue weighted by atomic mass is 32.1. The van der Waals surface area contributed by atoms with E-state index in [-0.39, 0.29) is 6.04 Å². The molecule has 3 aromatic carbocycles. The predicted molar refractivity (Wildman–Crippen MR) is 106 cm³/mol. The van der Waals surface area contributed by atoms with Crippen molar-refractivity contribution in [3.63, 3.8) is 0 Å². The number of nitrogens with zero attached hydrogens (tertiary/aromatic N) is 1. The van der Waals surface area contributed by atoms with E-state index in [1.54, 1.807) is 11.3 Å². The van der Waals surface area contributed by atoms with E-state index in [0.717, 1.165) is 23.5 Å². The Kier molecular flexibility index (Phi) is 4.86. The van der Waals surface area contributed by atoms with Gasteiger partial charge in [0.2, 0.25) is 0 Å². The van der Waals surface area contributed by atoms with Crippen molar-refractivity contribution in [3.05, 3.63) is 101 Å². The highest BCUT2D eigenvalue weighted by Gasteiger charge is 2.13. The number of fused-ring (bicyclic) bond motifs is 1. The monoisotopic (exact) mass is 344 g/mol. The lowest BCUT2D eigenvalue weighted by Gasteiger charge is -2.19. The molecule has 0 aliphatic carbocycles. The van der Waals surface area contributed by atoms with Gasteiger partial charge < -0.3 is 5.32 Å². The van der Waals surface area contributed by atoms with Gasteiger partial charge in [-0.25, -0.2) is 4.98 Å². The maximum atomic E-state index is 4.74. The number of rotatable bonds is 6. The Balaban J connectivity index is 1.53. The predicted octanol–water partition coefficient (Wildman–Crippen LogP) is 5.37. The van der Waals surface area contributed by atoms with E-state index >= 15 is 0 Å². The Hall–Kier alpha value is -2.49. The second kappa shape index (κ2) is 7.60. The molecule has 0 unspecified atom stereocenters. The van der Waals surface area contributed by atoms with Gasteiger partial charge in [0.1, 0.15) is 5.01 Å². The highest BCUT2D eigenvalue weighted by Crippen LogP contribution is 2.23. The summed E-state index contributed by atoms with van der Waals surface area (Å²) >= 11 is 1.77. The first-order valence-electron chi connectivity index (χ1n) is 8.55. The van der Waals surface area contributed by atoms with Gasteiger partial charge in [0.25, 0.3) is 0 Å². The Labute approximate surface area is 152 Å². The largest absolute Gasteiger partial charge is 0.303 e. The summed E-state index contributed by atoms with van der Waals surface area (Å²) in [7, 11) is 0. The van der Waals surface area contributed by atoms with E-state index in [4.69, 9.17) is 4.98 Å². The van der Waals surface area contributed by atoms with Crippen LogP contribution in [0.15, 0.2) is 84.9 Å². The molecule has 1 heterocycles. The molecule has 4 aromatic rings. The van der Waals surface area contributed by atoms with Gasteiger partial charge in [-0.15, -0.1) is 11.3 Å². The molecule has 0 aliphatic rings. The van der Waals surface area contributed by atoms with Crippen LogP contribution in [-0.2, 0) is 13.0 Å². The molecule has 2 nitrogen and oxygen atoms in total. The van der Waals surface area contributed by atoms with E-state index in [9.17, 15) is 0 Å². The number of hydrogen-bond donors (Lipinski definition) is 1. The maximum absolute atomic E-state index is 4.74. The van der Waals surface area contributed by atoms with Crippen molar-refractivity contribution >= 4 is 21.6 Å². The molecule has 1 aromatic heterocycles. The summed E-state index contributed by atoms with van der Waals surface area (Å²) in [5.74, 6) is 0. The number of benzene rings is 3. The molecule has 124 valence electrons. The van der Waals surface area contributed by atoms with Gasteiger partial charge in [-0.1, -0.05) is 72.8 Å². The van der Waals surface area contributed by atoms with Gasteiger partial charge in [0, 0.05) is 12.6 Å². The Morgan fingerprint density at radius 2 is 1.48 bits per heavy atom. The van der Waals surface area contributed by atoms with Gasteiger partial charge in [-0.05, 0) is 29.7 Å². The van der Waals surface area contributed by atoms with Crippen LogP contribution in [0.4, 0.5) is 0 Å². The molecule has 4 rings (SSSR count). The first-order valence-corrected chi connectivity index (χ1v) is 9.37. The van der Waals surface area contributed by atoms with Crippen molar-refractivity contribution in [1.29, 1.82) is 0 Å². The summed E-state index contributed by atoms with van der Waals surface area (Å²) in [6.07, 6.45) is 0.968. The normalized spacial score (nSPS) is 12.3. The number of para-hydroxylation sites is 1. The minimum Gasteiger partial charge on any atom is -0.303 e. The average molecular weight is 344 g/mol. The van der Waals surface area contributed by atoms with Gasteiger partial charge >= 0.3 is 0 Å². The number of thiazole rings is 1. The fourth-order valence-electron chi connectivity index (χ4n) is 3.05. The lowest BCUT2D eigenvalue weighted by Crippen LogP contribution is -2.22. The smallest absolute Gasteiger partial charge is 0.108 e. The van der Waals surface area contributed by atoms with E-state index in [1.807, 2.05) is 6.07 Å². The summed E-state index contributed by atoms with van der Waals surface area (Å²) in [6, 6.07) is 29.9. The third-order valence-corrected chi connectivity index (χ3v) is 5.36. The van der Waals surface area contributed by atoms with Crippen LogP contribution in [0.2, 0.25) is 0 Å². The fourth-order valence-corrected chi connectivity index (χ4v) is 3.97. The molecular weight excluding hydrogens is 324 g/mol. The number of aromatic nitrogens is 1. The van der Waals surface area contributed by atoms with E-state index in [0.29, 0.717) is 0 Å². The van der Waals surface area contributed by atoms with Crippen molar-refractivity contribution in [2.45, 2.75) is 19.0 Å². The van der Waals surface area contributed by atoms with Crippen LogP contribution in [0, 0.1) is 0 Å². The quantitative estimate of drug-likeness (QED) is 0.508. The van der Waals surface area contributed by atoms with Crippen LogP contribution < -0.4 is 5.32 Å². The van der Waals surface area contributed by atoms with Crippen molar-refractivity contribution in [3.8, 4) is 0 Å². The van der Waals surface area contributed by atoms with Crippen LogP contribution in [-0.4, -0.2) is 4.98 Å². The zero-order valence-electron chi connectivity index (χ0n) is 13.9. The van der Waals surface area contributed by atoms with Crippen molar-refractivity contribution in [2.24, 2.45) is 0 Å². The Bertz CT molecular complexity index is 899. The standard InChI is InChI=1S/C22H20N2S/c1-3-9-17(10-4-1)15-20(18-11-5-2-6-12-18)23-16-22-24-19-13-7-8-14-21(19)25-22/h1-14,20,23H,15-16H2/t20-/m0/s1. The number of hydrogen-bond acceptors (Lipinski definition) is 3. The van der Waals surface area contributed by atoms with Gasteiger partial charge in [-0.3, -0.25) is 0 Å². The first kappa shape index (κ1) is 16.0. The molecular formula is C22H20N2S. The lowest BCUT2D eigenvalue weighted by atomic mass is 9.99. The molecule has 0 saturated heterocycles. The van der Waals surface area contributed by atoms with Crippen LogP contribution in [0.3, 0.4) is 0 Å². The summed E-state index contributed by atoms with van der Waals surface area (Å²) in [5.41, 5.74) is 3.74. The van der Waals surface area contributed by atoms with Gasteiger partial charge in [0.05, 0.1) is 10.2 Å². The molecule has 0 radical (unpaired) electrons. The summed E-state index contributed by atoms with van der Waals surface area (Å²) < 4.78 is 1.25. The van der Waals surface area contributed by atoms with E-state index in [2.05, 4.69) is 84.2 Å². The Morgan fingerprint density at radius 3 is 2.24 bits per heavy atom. The van der Waals surface area contributed by atoms with E-state index < -0.39 is 0 Å². The molecule has 0 spiro atoms. The molecule has 1 atom stereocenters. The van der Waals surface area contributed by atoms with Gasteiger partial charge in [-0.2, -0.15) is 0 Å². The average Bonchev–Trinajstić information content (AvgIpc) is 3.09. The van der Waals surface area contributed by atoms with Crippen LogP contribution >= 0.6 is 11.3 Å². The molecule has 1 N–H and O–H groups in total. The second-order valence-electron chi connectivity index (χ2n) is 6.11. The lowest BCUT2D eigenvalue weighted by molar-refractivity contribution is 0.530. The number of nitrogens with one attached hydrogen (secondary N) is 1. The van der Waals surface area contributed by atoms with Crippen LogP contribution in [0.25, 0.3) is 10.2 Å².